The van der Waals surface area contributed by atoms with Gasteiger partial charge in [0.2, 0.25) is 5.91 Å². The topological polar surface area (TPSA) is 52.9 Å². The van der Waals surface area contributed by atoms with Crippen molar-refractivity contribution in [3.63, 3.8) is 0 Å². The number of amides is 1. The molecule has 0 bridgehead atoms. The molecule has 1 saturated heterocycles. The Bertz CT molecular complexity index is 159. The molecule has 1 amide bonds. The van der Waals surface area contributed by atoms with Gasteiger partial charge < -0.3 is 5.32 Å². The lowest BCUT2D eigenvalue weighted by atomic mass is 10.2. The van der Waals surface area contributed by atoms with E-state index in [1.807, 2.05) is 6.07 Å². The highest BCUT2D eigenvalue weighted by molar-refractivity contribution is 5.78. The van der Waals surface area contributed by atoms with Gasteiger partial charge in [-0.05, 0) is 6.42 Å². The zero-order valence-corrected chi connectivity index (χ0v) is 5.05. The van der Waals surface area contributed by atoms with Crippen LogP contribution >= 0.6 is 0 Å². The number of hydrogen-bond acceptors (Lipinski definition) is 2. The van der Waals surface area contributed by atoms with Gasteiger partial charge in [-0.1, -0.05) is 0 Å². The smallest absolute Gasteiger partial charge is 0.220 e. The van der Waals surface area contributed by atoms with Gasteiger partial charge in [0.1, 0.15) is 0 Å². The minimum absolute atomic E-state index is 0.0789. The van der Waals surface area contributed by atoms with E-state index in [-0.39, 0.29) is 11.9 Å². The molecule has 1 N–H and O–H groups in total. The largest absolute Gasteiger partial charge is 0.352 e. The third-order valence-electron chi connectivity index (χ3n) is 1.42. The fourth-order valence-electron chi connectivity index (χ4n) is 0.941. The molecule has 0 spiro atoms. The van der Waals surface area contributed by atoms with Gasteiger partial charge in [-0.3, -0.25) is 4.79 Å². The Balaban J connectivity index is 2.32. The molecule has 1 fully saturated rings. The SMILES string of the molecule is N#[14C]CC1CCC(=O)N1. The molecular weight excluding hydrogens is 118 g/mol. The Hall–Kier alpha value is -1.04. The second kappa shape index (κ2) is 2.49. The molecule has 3 nitrogen and oxygen atoms in total. The molecule has 0 aliphatic carbocycles. The summed E-state index contributed by atoms with van der Waals surface area (Å²) in [6, 6.07) is 2.14. The highest BCUT2D eigenvalue weighted by atomic mass is 16.1. The maximum Gasteiger partial charge on any atom is 0.220 e. The van der Waals surface area contributed by atoms with Crippen LogP contribution in [0.3, 0.4) is 0 Å². The van der Waals surface area contributed by atoms with E-state index in [1.165, 1.54) is 0 Å². The van der Waals surface area contributed by atoms with E-state index in [9.17, 15) is 4.79 Å². The average molecular weight is 126 g/mol. The summed E-state index contributed by atoms with van der Waals surface area (Å²) in [6.45, 7) is 0. The summed E-state index contributed by atoms with van der Waals surface area (Å²) < 4.78 is 0. The van der Waals surface area contributed by atoms with Crippen LogP contribution < -0.4 is 5.32 Å². The van der Waals surface area contributed by atoms with Gasteiger partial charge >= 0.3 is 0 Å². The summed E-state index contributed by atoms with van der Waals surface area (Å²) in [5, 5.41) is 10.9. The van der Waals surface area contributed by atoms with Crippen LogP contribution in [0.25, 0.3) is 0 Å². The van der Waals surface area contributed by atoms with E-state index in [0.717, 1.165) is 6.42 Å². The minimum atomic E-state index is 0.0789. The second-order valence-corrected chi connectivity index (χ2v) is 2.17. The van der Waals surface area contributed by atoms with E-state index in [0.29, 0.717) is 12.8 Å². The zero-order chi connectivity index (χ0) is 6.69. The molecule has 1 heterocycles. The number of nitrogens with zero attached hydrogens (tertiary/aromatic N) is 1. The predicted octanol–water partition coefficient (Wildman–Crippen LogP) is 0.179. The van der Waals surface area contributed by atoms with Gasteiger partial charge in [0.15, 0.2) is 0 Å². The van der Waals surface area contributed by atoms with Crippen molar-refractivity contribution >= 4 is 5.91 Å². The Morgan fingerprint density at radius 3 is 3.11 bits per heavy atom. The average Bonchev–Trinajstić information content (AvgIpc) is 2.17. The highest BCUT2D eigenvalue weighted by Crippen LogP contribution is 2.08. The second-order valence-electron chi connectivity index (χ2n) is 2.17. The quantitative estimate of drug-likeness (QED) is 0.544. The summed E-state index contributed by atoms with van der Waals surface area (Å²) in [6.07, 6.45) is 1.87. The van der Waals surface area contributed by atoms with Crippen LogP contribution in [0.2, 0.25) is 0 Å². The maximum absolute atomic E-state index is 10.5. The fraction of sp³-hybridized carbons (Fsp3) is 0.667. The van der Waals surface area contributed by atoms with Gasteiger partial charge in [0.25, 0.3) is 0 Å². The van der Waals surface area contributed by atoms with E-state index < -0.39 is 0 Å². The Morgan fingerprint density at radius 2 is 2.67 bits per heavy atom. The Kier molecular flexibility index (Phi) is 1.69. The maximum atomic E-state index is 10.5. The fourth-order valence-corrected chi connectivity index (χ4v) is 0.941. The van der Waals surface area contributed by atoms with Crippen LogP contribution in [-0.2, 0) is 4.79 Å². The van der Waals surface area contributed by atoms with Crippen LogP contribution in [0.1, 0.15) is 19.3 Å². The van der Waals surface area contributed by atoms with Crippen LogP contribution in [0.4, 0.5) is 0 Å². The van der Waals surface area contributed by atoms with Crippen LogP contribution in [0, 0.1) is 11.3 Å². The summed E-state index contributed by atoms with van der Waals surface area (Å²) in [5.41, 5.74) is 0. The van der Waals surface area contributed by atoms with E-state index >= 15 is 0 Å². The van der Waals surface area contributed by atoms with Crippen LogP contribution in [0.5, 0.6) is 0 Å². The standard InChI is InChI=1S/C6H8N2O/c7-4-3-5-1-2-6(9)8-5/h5H,1-3H2,(H,8,9)/i4+2. The number of nitriles is 1. The van der Waals surface area contributed by atoms with Crippen molar-refractivity contribution in [3.05, 3.63) is 0 Å². The Morgan fingerprint density at radius 1 is 1.89 bits per heavy atom. The molecule has 0 aromatic carbocycles. The first-order chi connectivity index (χ1) is 4.33. The lowest BCUT2D eigenvalue weighted by Crippen LogP contribution is -2.24. The van der Waals surface area contributed by atoms with Crippen molar-refractivity contribution in [2.45, 2.75) is 25.3 Å². The molecule has 0 radical (unpaired) electrons. The first-order valence-electron chi connectivity index (χ1n) is 2.99. The van der Waals surface area contributed by atoms with Crippen LogP contribution in [0.15, 0.2) is 0 Å². The number of carbonyl (C=O) groups excluding carboxylic acids is 1. The van der Waals surface area contributed by atoms with Crippen molar-refractivity contribution in [1.29, 1.82) is 5.26 Å². The highest BCUT2D eigenvalue weighted by Gasteiger charge is 2.19. The number of hydrogen-bond donors (Lipinski definition) is 1. The summed E-state index contributed by atoms with van der Waals surface area (Å²) >= 11 is 0. The number of carbonyl (C=O) groups is 1. The first-order valence-corrected chi connectivity index (χ1v) is 2.99. The zero-order valence-electron chi connectivity index (χ0n) is 5.05. The predicted molar refractivity (Wildman–Crippen MR) is 31.4 cm³/mol. The van der Waals surface area contributed by atoms with Gasteiger partial charge in [0, 0.05) is 12.5 Å². The van der Waals surface area contributed by atoms with Crippen molar-refractivity contribution in [1.82, 2.24) is 5.32 Å². The van der Waals surface area contributed by atoms with Crippen LogP contribution in [-0.4, -0.2) is 11.9 Å². The lowest BCUT2D eigenvalue weighted by molar-refractivity contribution is -0.119. The first kappa shape index (κ1) is 6.09. The summed E-state index contributed by atoms with van der Waals surface area (Å²) in [7, 11) is 0. The van der Waals surface area contributed by atoms with E-state index in [2.05, 4.69) is 5.32 Å². The Labute approximate surface area is 53.7 Å². The molecule has 48 valence electrons. The summed E-state index contributed by atoms with van der Waals surface area (Å²) in [5.74, 6) is 0.0789. The normalized spacial score (nSPS) is 25.2. The molecule has 1 atom stereocenters. The van der Waals surface area contributed by atoms with Crippen molar-refractivity contribution in [3.8, 4) is 6.07 Å². The monoisotopic (exact) mass is 126 g/mol. The number of rotatable bonds is 1. The molecule has 3 heteroatoms. The molecule has 0 aromatic heterocycles. The third-order valence-corrected chi connectivity index (χ3v) is 1.42. The molecule has 1 aliphatic rings. The van der Waals surface area contributed by atoms with Gasteiger partial charge in [0.05, 0.1) is 12.5 Å². The van der Waals surface area contributed by atoms with Crippen molar-refractivity contribution < 1.29 is 4.79 Å². The molecule has 9 heavy (non-hydrogen) atoms. The van der Waals surface area contributed by atoms with Gasteiger partial charge in [-0.25, -0.2) is 0 Å². The molecular formula is C6H8N2O. The molecule has 1 aliphatic heterocycles. The van der Waals surface area contributed by atoms with Crippen molar-refractivity contribution in [2.24, 2.45) is 0 Å². The van der Waals surface area contributed by atoms with E-state index in [1.54, 1.807) is 0 Å². The van der Waals surface area contributed by atoms with Crippen molar-refractivity contribution in [2.75, 3.05) is 0 Å². The minimum Gasteiger partial charge on any atom is -0.352 e. The molecule has 1 unspecified atom stereocenters. The summed E-state index contributed by atoms with van der Waals surface area (Å²) in [4.78, 5) is 10.5. The van der Waals surface area contributed by atoms with Gasteiger partial charge in [-0.15, -0.1) is 0 Å². The molecule has 0 saturated carbocycles. The molecule has 0 aromatic rings. The lowest BCUT2D eigenvalue weighted by Gasteiger charge is -2.00. The van der Waals surface area contributed by atoms with E-state index in [4.69, 9.17) is 5.26 Å². The molecule has 1 rings (SSSR count). The number of nitrogens with one attached hydrogen (secondary N) is 1. The third kappa shape index (κ3) is 1.43. The van der Waals surface area contributed by atoms with Gasteiger partial charge in [-0.2, -0.15) is 5.26 Å².